The Morgan fingerprint density at radius 2 is 1.89 bits per heavy atom. The average molecular weight is 400 g/mol. The lowest BCUT2D eigenvalue weighted by molar-refractivity contribution is -0.113. The van der Waals surface area contributed by atoms with Gasteiger partial charge in [0.05, 0.1) is 5.75 Å². The number of amides is 1. The van der Waals surface area contributed by atoms with E-state index in [-0.39, 0.29) is 22.2 Å². The predicted octanol–water partition coefficient (Wildman–Crippen LogP) is 4.23. The highest BCUT2D eigenvalue weighted by Crippen LogP contribution is 2.17. The molecule has 1 N–H and O–H groups in total. The molecule has 7 heteroatoms. The summed E-state index contributed by atoms with van der Waals surface area (Å²) in [4.78, 5) is 29.0. The summed E-state index contributed by atoms with van der Waals surface area (Å²) in [7, 11) is 0. The molecular weight excluding hydrogens is 382 g/mol. The topological polar surface area (TPSA) is 64.0 Å². The van der Waals surface area contributed by atoms with Crippen LogP contribution in [0.2, 0.25) is 5.02 Å². The maximum Gasteiger partial charge on any atom is 0.287 e. The molecule has 0 aliphatic rings. The zero-order valence-corrected chi connectivity index (χ0v) is 16.5. The standard InChI is InChI=1S/C20H18ClN3O2S/c1-13-3-8-17(11-14(13)2)24-10-9-22-19(20(24)26)27-12-18(25)23-16-6-4-15(21)5-7-16/h3-11H,12H2,1-2H3,(H,23,25). The summed E-state index contributed by atoms with van der Waals surface area (Å²) in [5.74, 6) is -0.132. The first-order valence-corrected chi connectivity index (χ1v) is 9.64. The van der Waals surface area contributed by atoms with Crippen molar-refractivity contribution >= 4 is 35.0 Å². The second kappa shape index (κ2) is 8.41. The molecular formula is C20H18ClN3O2S. The summed E-state index contributed by atoms with van der Waals surface area (Å²) < 4.78 is 1.54. The van der Waals surface area contributed by atoms with Crippen LogP contribution in [-0.2, 0) is 4.79 Å². The molecule has 0 fully saturated rings. The fourth-order valence-electron chi connectivity index (χ4n) is 2.44. The number of benzene rings is 2. The van der Waals surface area contributed by atoms with Gasteiger partial charge in [0.1, 0.15) is 0 Å². The van der Waals surface area contributed by atoms with Crippen molar-refractivity contribution in [2.45, 2.75) is 18.9 Å². The Kier molecular flexibility index (Phi) is 5.98. The highest BCUT2D eigenvalue weighted by Gasteiger charge is 2.11. The Hall–Kier alpha value is -2.57. The molecule has 0 spiro atoms. The van der Waals surface area contributed by atoms with Gasteiger partial charge in [-0.05, 0) is 61.4 Å². The van der Waals surface area contributed by atoms with Crippen molar-refractivity contribution in [1.29, 1.82) is 0 Å². The number of anilines is 1. The third kappa shape index (κ3) is 4.78. The van der Waals surface area contributed by atoms with Crippen molar-refractivity contribution < 1.29 is 4.79 Å². The first-order chi connectivity index (χ1) is 12.9. The Morgan fingerprint density at radius 3 is 2.59 bits per heavy atom. The molecule has 3 aromatic rings. The molecule has 3 rings (SSSR count). The molecule has 0 radical (unpaired) electrons. The number of carbonyl (C=O) groups is 1. The molecule has 0 bridgehead atoms. The molecule has 138 valence electrons. The minimum atomic E-state index is -0.245. The lowest BCUT2D eigenvalue weighted by atomic mass is 10.1. The largest absolute Gasteiger partial charge is 0.325 e. The smallest absolute Gasteiger partial charge is 0.287 e. The molecule has 0 unspecified atom stereocenters. The number of thioether (sulfide) groups is 1. The molecule has 0 aliphatic heterocycles. The highest BCUT2D eigenvalue weighted by molar-refractivity contribution is 7.99. The lowest BCUT2D eigenvalue weighted by Crippen LogP contribution is -2.22. The van der Waals surface area contributed by atoms with Crippen LogP contribution >= 0.6 is 23.4 Å². The maximum atomic E-state index is 12.7. The van der Waals surface area contributed by atoms with Crippen LogP contribution < -0.4 is 10.9 Å². The van der Waals surface area contributed by atoms with Crippen LogP contribution in [0.1, 0.15) is 11.1 Å². The van der Waals surface area contributed by atoms with Crippen molar-refractivity contribution in [3.63, 3.8) is 0 Å². The maximum absolute atomic E-state index is 12.7. The molecule has 0 saturated carbocycles. The number of aromatic nitrogens is 2. The average Bonchev–Trinajstić information content (AvgIpc) is 2.65. The third-order valence-electron chi connectivity index (χ3n) is 4.05. The SMILES string of the molecule is Cc1ccc(-n2ccnc(SCC(=O)Nc3ccc(Cl)cc3)c2=O)cc1C. The van der Waals surface area contributed by atoms with Crippen molar-refractivity contribution in [3.05, 3.63) is 81.4 Å². The number of halogens is 1. The van der Waals surface area contributed by atoms with Gasteiger partial charge in [0.15, 0.2) is 5.03 Å². The monoisotopic (exact) mass is 399 g/mol. The van der Waals surface area contributed by atoms with Gasteiger partial charge in [-0.25, -0.2) is 4.98 Å². The second-order valence-electron chi connectivity index (χ2n) is 6.02. The van der Waals surface area contributed by atoms with Gasteiger partial charge in [0.25, 0.3) is 5.56 Å². The summed E-state index contributed by atoms with van der Waals surface area (Å²) >= 11 is 6.94. The summed E-state index contributed by atoms with van der Waals surface area (Å²) in [6.45, 7) is 4.02. The molecule has 1 amide bonds. The number of rotatable bonds is 5. The van der Waals surface area contributed by atoms with E-state index in [4.69, 9.17) is 11.6 Å². The van der Waals surface area contributed by atoms with E-state index >= 15 is 0 Å². The zero-order chi connectivity index (χ0) is 19.4. The van der Waals surface area contributed by atoms with E-state index in [1.807, 2.05) is 32.0 Å². The third-order valence-corrected chi connectivity index (χ3v) is 5.26. The minimum Gasteiger partial charge on any atom is -0.325 e. The Labute approximate surface area is 166 Å². The van der Waals surface area contributed by atoms with Crippen molar-refractivity contribution in [1.82, 2.24) is 9.55 Å². The van der Waals surface area contributed by atoms with E-state index in [0.29, 0.717) is 10.7 Å². The van der Waals surface area contributed by atoms with Crippen LogP contribution in [0.4, 0.5) is 5.69 Å². The number of carbonyl (C=O) groups excluding carboxylic acids is 1. The van der Waals surface area contributed by atoms with E-state index in [2.05, 4.69) is 10.3 Å². The van der Waals surface area contributed by atoms with Gasteiger partial charge < -0.3 is 5.32 Å². The van der Waals surface area contributed by atoms with E-state index in [1.54, 1.807) is 41.2 Å². The van der Waals surface area contributed by atoms with Gasteiger partial charge in [-0.2, -0.15) is 0 Å². The minimum absolute atomic E-state index is 0.0851. The fourth-order valence-corrected chi connectivity index (χ4v) is 3.26. The molecule has 5 nitrogen and oxygen atoms in total. The molecule has 0 saturated heterocycles. The van der Waals surface area contributed by atoms with E-state index < -0.39 is 0 Å². The van der Waals surface area contributed by atoms with Crippen LogP contribution in [-0.4, -0.2) is 21.2 Å². The number of aryl methyl sites for hydroxylation is 2. The molecule has 2 aromatic carbocycles. The Balaban J connectivity index is 1.72. The Bertz CT molecular complexity index is 1030. The first-order valence-electron chi connectivity index (χ1n) is 8.27. The van der Waals surface area contributed by atoms with Gasteiger partial charge in [0, 0.05) is 28.8 Å². The van der Waals surface area contributed by atoms with E-state index in [9.17, 15) is 9.59 Å². The summed E-state index contributed by atoms with van der Waals surface area (Å²) in [5, 5.41) is 3.64. The molecule has 0 atom stereocenters. The normalized spacial score (nSPS) is 10.6. The molecule has 0 aliphatic carbocycles. The summed E-state index contributed by atoms with van der Waals surface area (Å²) in [6, 6.07) is 12.7. The van der Waals surface area contributed by atoms with Gasteiger partial charge in [0.2, 0.25) is 5.91 Å². The van der Waals surface area contributed by atoms with Crippen molar-refractivity contribution in [3.8, 4) is 5.69 Å². The number of nitrogens with zero attached hydrogens (tertiary/aromatic N) is 2. The van der Waals surface area contributed by atoms with Gasteiger partial charge in [-0.3, -0.25) is 14.2 Å². The van der Waals surface area contributed by atoms with Crippen LogP contribution in [0.5, 0.6) is 0 Å². The lowest BCUT2D eigenvalue weighted by Gasteiger charge is -2.09. The van der Waals surface area contributed by atoms with Crippen LogP contribution in [0.15, 0.2) is 64.7 Å². The van der Waals surface area contributed by atoms with Crippen LogP contribution in [0, 0.1) is 13.8 Å². The second-order valence-corrected chi connectivity index (χ2v) is 7.42. The van der Waals surface area contributed by atoms with Crippen LogP contribution in [0.25, 0.3) is 5.69 Å². The van der Waals surface area contributed by atoms with Gasteiger partial charge in [-0.15, -0.1) is 0 Å². The van der Waals surface area contributed by atoms with Gasteiger partial charge in [-0.1, -0.05) is 29.4 Å². The number of nitrogens with one attached hydrogen (secondary N) is 1. The summed E-state index contributed by atoms with van der Waals surface area (Å²) in [5.41, 5.74) is 3.45. The molecule has 1 aromatic heterocycles. The zero-order valence-electron chi connectivity index (χ0n) is 14.9. The predicted molar refractivity (Wildman–Crippen MR) is 110 cm³/mol. The number of hydrogen-bond donors (Lipinski definition) is 1. The summed E-state index contributed by atoms with van der Waals surface area (Å²) in [6.07, 6.45) is 3.19. The molecule has 1 heterocycles. The van der Waals surface area contributed by atoms with Gasteiger partial charge >= 0.3 is 0 Å². The highest BCUT2D eigenvalue weighted by atomic mass is 35.5. The number of hydrogen-bond acceptors (Lipinski definition) is 4. The van der Waals surface area contributed by atoms with E-state index in [0.717, 1.165) is 28.6 Å². The van der Waals surface area contributed by atoms with Crippen molar-refractivity contribution in [2.24, 2.45) is 0 Å². The Morgan fingerprint density at radius 1 is 1.15 bits per heavy atom. The quantitative estimate of drug-likeness (QED) is 0.652. The van der Waals surface area contributed by atoms with E-state index in [1.165, 1.54) is 0 Å². The van der Waals surface area contributed by atoms with Crippen molar-refractivity contribution in [2.75, 3.05) is 11.1 Å². The first kappa shape index (κ1) is 19.2. The molecule has 27 heavy (non-hydrogen) atoms. The fraction of sp³-hybridized carbons (Fsp3) is 0.150. The van der Waals surface area contributed by atoms with Crippen LogP contribution in [0.3, 0.4) is 0 Å².